The molecule has 0 saturated carbocycles. The lowest BCUT2D eigenvalue weighted by Gasteiger charge is -2.34. The minimum absolute atomic E-state index is 0.0843. The third-order valence-corrected chi connectivity index (χ3v) is 3.48. The first-order valence-electron chi connectivity index (χ1n) is 7.08. The minimum Gasteiger partial charge on any atom is -0.372 e. The first-order valence-corrected chi connectivity index (χ1v) is 7.08. The van der Waals surface area contributed by atoms with Crippen LogP contribution in [0.2, 0.25) is 0 Å². The van der Waals surface area contributed by atoms with E-state index in [1.54, 1.807) is 11.1 Å². The quantitative estimate of drug-likeness (QED) is 0.580. The Morgan fingerprint density at radius 2 is 1.89 bits per heavy atom. The average molecular weight is 263 g/mol. The highest BCUT2D eigenvalue weighted by molar-refractivity contribution is 5.97. The van der Waals surface area contributed by atoms with Crippen LogP contribution in [0.5, 0.6) is 0 Å². The van der Waals surface area contributed by atoms with Gasteiger partial charge < -0.3 is 9.80 Å². The summed E-state index contributed by atoms with van der Waals surface area (Å²) < 4.78 is 0. The predicted octanol–water partition coefficient (Wildman–Crippen LogP) is 2.53. The molecule has 1 amide bonds. The van der Waals surface area contributed by atoms with Crippen LogP contribution in [0, 0.1) is 11.3 Å². The summed E-state index contributed by atoms with van der Waals surface area (Å²) in [5.74, 6) is -0.120. The molecule has 1 fully saturated rings. The summed E-state index contributed by atoms with van der Waals surface area (Å²) in [5, 5.41) is 9.24. The van der Waals surface area contributed by atoms with Gasteiger partial charge in [0.05, 0.1) is 0 Å². The van der Waals surface area contributed by atoms with Crippen molar-refractivity contribution < 1.29 is 4.79 Å². The molecule has 0 atom stereocenters. The van der Waals surface area contributed by atoms with E-state index in [4.69, 9.17) is 0 Å². The van der Waals surface area contributed by atoms with E-state index in [-0.39, 0.29) is 17.0 Å². The van der Waals surface area contributed by atoms with Crippen molar-refractivity contribution in [3.05, 3.63) is 11.8 Å². The van der Waals surface area contributed by atoms with Crippen molar-refractivity contribution >= 4 is 5.91 Å². The van der Waals surface area contributed by atoms with E-state index in [0.717, 1.165) is 32.5 Å². The van der Waals surface area contributed by atoms with E-state index < -0.39 is 0 Å². The molecule has 1 saturated heterocycles. The number of amides is 1. The maximum absolute atomic E-state index is 12.3. The molecule has 4 nitrogen and oxygen atoms in total. The number of hydrogen-bond acceptors (Lipinski definition) is 3. The molecule has 19 heavy (non-hydrogen) atoms. The topological polar surface area (TPSA) is 47.3 Å². The maximum atomic E-state index is 12.3. The molecule has 1 aliphatic heterocycles. The summed E-state index contributed by atoms with van der Waals surface area (Å²) >= 11 is 0. The maximum Gasteiger partial charge on any atom is 0.266 e. The van der Waals surface area contributed by atoms with Gasteiger partial charge in [-0.2, -0.15) is 5.26 Å². The third-order valence-electron chi connectivity index (χ3n) is 3.48. The Balaban J connectivity index is 2.86. The lowest BCUT2D eigenvalue weighted by molar-refractivity contribution is -0.127. The molecular formula is C15H25N3O. The minimum atomic E-state index is -0.120. The molecular weight excluding hydrogens is 238 g/mol. The molecule has 0 N–H and O–H groups in total. The fourth-order valence-electron chi connectivity index (χ4n) is 2.31. The van der Waals surface area contributed by atoms with Crippen molar-refractivity contribution in [3.8, 4) is 6.07 Å². The van der Waals surface area contributed by atoms with E-state index in [2.05, 4.69) is 26.8 Å². The Labute approximate surface area is 116 Å². The Morgan fingerprint density at radius 3 is 2.32 bits per heavy atom. The van der Waals surface area contributed by atoms with Gasteiger partial charge in [0.25, 0.3) is 5.91 Å². The molecule has 0 aliphatic carbocycles. The van der Waals surface area contributed by atoms with Crippen LogP contribution in [0.1, 0.15) is 47.0 Å². The van der Waals surface area contributed by atoms with E-state index in [1.807, 2.05) is 11.8 Å². The van der Waals surface area contributed by atoms with E-state index >= 15 is 0 Å². The summed E-state index contributed by atoms with van der Waals surface area (Å²) in [6.07, 6.45) is 4.98. The number of hydrogen-bond donors (Lipinski definition) is 0. The lowest BCUT2D eigenvalue weighted by atomic mass is 10.1. The first kappa shape index (κ1) is 15.6. The van der Waals surface area contributed by atoms with Gasteiger partial charge >= 0.3 is 0 Å². The molecule has 0 spiro atoms. The molecule has 0 aromatic rings. The van der Waals surface area contributed by atoms with Crippen molar-refractivity contribution in [2.45, 2.75) is 52.5 Å². The van der Waals surface area contributed by atoms with E-state index in [0.29, 0.717) is 0 Å². The van der Waals surface area contributed by atoms with Gasteiger partial charge in [-0.1, -0.05) is 0 Å². The van der Waals surface area contributed by atoms with Crippen molar-refractivity contribution in [1.82, 2.24) is 9.80 Å². The van der Waals surface area contributed by atoms with Gasteiger partial charge in [0.2, 0.25) is 0 Å². The average Bonchev–Trinajstić information content (AvgIpc) is 2.39. The SMILES string of the molecule is CCN(/C=C(/C#N)C(=O)N1CCCCC1)C(C)(C)C. The van der Waals surface area contributed by atoms with Gasteiger partial charge in [0, 0.05) is 31.4 Å². The highest BCUT2D eigenvalue weighted by Crippen LogP contribution is 2.17. The Hall–Kier alpha value is -1.50. The highest BCUT2D eigenvalue weighted by Gasteiger charge is 2.23. The number of carbonyl (C=O) groups is 1. The standard InChI is InChI=1S/C15H25N3O/c1-5-18(15(2,3)4)12-13(11-16)14(19)17-9-7-6-8-10-17/h12H,5-10H2,1-4H3/b13-12-. The Morgan fingerprint density at radius 1 is 1.32 bits per heavy atom. The van der Waals surface area contributed by atoms with Gasteiger partial charge in [-0.3, -0.25) is 4.79 Å². The van der Waals surface area contributed by atoms with Crippen LogP contribution in [0.15, 0.2) is 11.8 Å². The molecule has 1 rings (SSSR count). The van der Waals surface area contributed by atoms with Gasteiger partial charge in [0.15, 0.2) is 0 Å². The summed E-state index contributed by atoms with van der Waals surface area (Å²) in [5.41, 5.74) is 0.164. The molecule has 0 aromatic heterocycles. The summed E-state index contributed by atoms with van der Waals surface area (Å²) in [6, 6.07) is 2.06. The van der Waals surface area contributed by atoms with E-state index in [1.165, 1.54) is 6.42 Å². The second-order valence-electron chi connectivity index (χ2n) is 5.96. The molecule has 0 radical (unpaired) electrons. The summed E-state index contributed by atoms with van der Waals surface area (Å²) in [4.78, 5) is 16.2. The summed E-state index contributed by atoms with van der Waals surface area (Å²) in [7, 11) is 0. The first-order chi connectivity index (χ1) is 8.90. The second-order valence-corrected chi connectivity index (χ2v) is 5.96. The molecule has 4 heteroatoms. The number of piperidine rings is 1. The van der Waals surface area contributed by atoms with Crippen LogP contribution in [-0.2, 0) is 4.79 Å². The van der Waals surface area contributed by atoms with E-state index in [9.17, 15) is 10.1 Å². The lowest BCUT2D eigenvalue weighted by Crippen LogP contribution is -2.40. The molecule has 106 valence electrons. The van der Waals surface area contributed by atoms with Crippen LogP contribution in [-0.4, -0.2) is 40.9 Å². The molecule has 0 aromatic carbocycles. The second kappa shape index (κ2) is 6.60. The van der Waals surface area contributed by atoms with Gasteiger partial charge in [0.1, 0.15) is 11.6 Å². The third kappa shape index (κ3) is 4.27. The number of nitriles is 1. The number of nitrogens with zero attached hydrogens (tertiary/aromatic N) is 3. The number of likely N-dealkylation sites (tertiary alicyclic amines) is 1. The molecule has 1 aliphatic rings. The number of carbonyl (C=O) groups excluding carboxylic acids is 1. The van der Waals surface area contributed by atoms with Crippen LogP contribution in [0.25, 0.3) is 0 Å². The van der Waals surface area contributed by atoms with Gasteiger partial charge in [-0.15, -0.1) is 0 Å². The molecule has 0 bridgehead atoms. The zero-order valence-electron chi connectivity index (χ0n) is 12.6. The molecule has 0 unspecified atom stereocenters. The Kier molecular flexibility index (Phi) is 5.41. The fourth-order valence-corrected chi connectivity index (χ4v) is 2.31. The van der Waals surface area contributed by atoms with Gasteiger partial charge in [-0.05, 0) is 47.0 Å². The van der Waals surface area contributed by atoms with Crippen molar-refractivity contribution in [3.63, 3.8) is 0 Å². The fraction of sp³-hybridized carbons (Fsp3) is 0.733. The largest absolute Gasteiger partial charge is 0.372 e. The van der Waals surface area contributed by atoms with Crippen LogP contribution >= 0.6 is 0 Å². The molecule has 1 heterocycles. The summed E-state index contributed by atoms with van der Waals surface area (Å²) in [6.45, 7) is 10.6. The zero-order valence-corrected chi connectivity index (χ0v) is 12.6. The Bertz CT molecular complexity index is 381. The zero-order chi connectivity index (χ0) is 14.5. The van der Waals surface area contributed by atoms with Crippen LogP contribution in [0.3, 0.4) is 0 Å². The smallest absolute Gasteiger partial charge is 0.266 e. The van der Waals surface area contributed by atoms with Crippen LogP contribution in [0.4, 0.5) is 0 Å². The number of rotatable bonds is 3. The van der Waals surface area contributed by atoms with Crippen molar-refractivity contribution in [1.29, 1.82) is 5.26 Å². The van der Waals surface area contributed by atoms with Crippen LogP contribution < -0.4 is 0 Å². The monoisotopic (exact) mass is 263 g/mol. The van der Waals surface area contributed by atoms with Crippen molar-refractivity contribution in [2.24, 2.45) is 0 Å². The van der Waals surface area contributed by atoms with Gasteiger partial charge in [-0.25, -0.2) is 0 Å². The predicted molar refractivity (Wildman–Crippen MR) is 76.3 cm³/mol. The highest BCUT2D eigenvalue weighted by atomic mass is 16.2. The normalized spacial score (nSPS) is 17.0. The van der Waals surface area contributed by atoms with Crippen molar-refractivity contribution in [2.75, 3.05) is 19.6 Å².